The molecule has 2 fully saturated rings. The monoisotopic (exact) mass is 426 g/mol. The number of hydrogen-bond acceptors (Lipinski definition) is 0. The Morgan fingerprint density at radius 2 is 1.45 bits per heavy atom. The highest BCUT2D eigenvalue weighted by atomic mass is 19.2. The van der Waals surface area contributed by atoms with Crippen LogP contribution in [0.1, 0.15) is 94.6 Å². The van der Waals surface area contributed by atoms with E-state index >= 15 is 0 Å². The van der Waals surface area contributed by atoms with Crippen molar-refractivity contribution in [1.82, 2.24) is 0 Å². The maximum atomic E-state index is 14.4. The van der Waals surface area contributed by atoms with Gasteiger partial charge in [0.25, 0.3) is 0 Å². The van der Waals surface area contributed by atoms with E-state index < -0.39 is 11.6 Å². The van der Waals surface area contributed by atoms with Crippen molar-refractivity contribution in [2.45, 2.75) is 90.4 Å². The molecule has 1 atom stereocenters. The van der Waals surface area contributed by atoms with Crippen LogP contribution in [-0.2, 0) is 0 Å². The van der Waals surface area contributed by atoms with E-state index in [0.29, 0.717) is 11.1 Å². The fourth-order valence-corrected chi connectivity index (χ4v) is 6.81. The molecule has 1 aromatic rings. The largest absolute Gasteiger partial charge is 0.203 e. The van der Waals surface area contributed by atoms with E-state index in [4.69, 9.17) is 0 Å². The summed E-state index contributed by atoms with van der Waals surface area (Å²) in [4.78, 5) is 0. The molecule has 1 aromatic carbocycles. The van der Waals surface area contributed by atoms with Gasteiger partial charge in [-0.05, 0) is 118 Å². The molecule has 3 aliphatic rings. The molecule has 0 radical (unpaired) electrons. The van der Waals surface area contributed by atoms with Crippen LogP contribution in [0.2, 0.25) is 0 Å². The Balaban J connectivity index is 1.25. The van der Waals surface area contributed by atoms with Crippen LogP contribution in [0.4, 0.5) is 8.78 Å². The molecule has 0 bridgehead atoms. The van der Waals surface area contributed by atoms with Gasteiger partial charge in [0, 0.05) is 5.56 Å². The minimum absolute atomic E-state index is 0.387. The molecule has 0 saturated heterocycles. The fraction of sp³-hybridized carbons (Fsp3) is 0.655. The summed E-state index contributed by atoms with van der Waals surface area (Å²) >= 11 is 0. The molecule has 2 heteroatoms. The van der Waals surface area contributed by atoms with Crippen LogP contribution in [0.3, 0.4) is 0 Å². The first-order valence-corrected chi connectivity index (χ1v) is 12.8. The first kappa shape index (κ1) is 22.7. The van der Waals surface area contributed by atoms with Crippen molar-refractivity contribution in [3.8, 4) is 0 Å². The third-order valence-corrected chi connectivity index (χ3v) is 8.89. The summed E-state index contributed by atoms with van der Waals surface area (Å²) in [6.45, 7) is 5.50. The topological polar surface area (TPSA) is 0 Å². The number of rotatable bonds is 6. The quantitative estimate of drug-likeness (QED) is 0.398. The fourth-order valence-electron chi connectivity index (χ4n) is 6.81. The molecule has 4 rings (SSSR count). The van der Waals surface area contributed by atoms with Crippen molar-refractivity contribution < 1.29 is 8.78 Å². The van der Waals surface area contributed by atoms with Crippen molar-refractivity contribution >= 4 is 5.57 Å². The summed E-state index contributed by atoms with van der Waals surface area (Å²) in [7, 11) is 0. The first-order valence-electron chi connectivity index (χ1n) is 12.8. The molecule has 3 aliphatic carbocycles. The molecule has 31 heavy (non-hydrogen) atoms. The number of aryl methyl sites for hydroxylation is 1. The predicted octanol–water partition coefficient (Wildman–Crippen LogP) is 9.04. The van der Waals surface area contributed by atoms with Gasteiger partial charge in [-0.15, -0.1) is 6.58 Å². The number of halogens is 2. The number of benzene rings is 1. The Morgan fingerprint density at radius 3 is 2.03 bits per heavy atom. The Bertz CT molecular complexity index is 776. The highest BCUT2D eigenvalue weighted by Crippen LogP contribution is 2.46. The summed E-state index contributed by atoms with van der Waals surface area (Å²) in [5, 5.41) is 0. The maximum absolute atomic E-state index is 14.4. The lowest BCUT2D eigenvalue weighted by Crippen LogP contribution is -2.28. The SMILES string of the molecule is C=CCCC1CCC(C2CCC(C3CC=C(c4ccc(C)c(F)c4F)CC3)CC2)CC1. The van der Waals surface area contributed by atoms with Crippen LogP contribution in [0.15, 0.2) is 30.9 Å². The van der Waals surface area contributed by atoms with Crippen LogP contribution in [-0.4, -0.2) is 0 Å². The van der Waals surface area contributed by atoms with Crippen LogP contribution in [0.25, 0.3) is 5.57 Å². The van der Waals surface area contributed by atoms with Crippen molar-refractivity contribution in [3.63, 3.8) is 0 Å². The lowest BCUT2D eigenvalue weighted by atomic mass is 9.65. The zero-order valence-corrected chi connectivity index (χ0v) is 19.4. The number of hydrogen-bond donors (Lipinski definition) is 0. The van der Waals surface area contributed by atoms with E-state index in [2.05, 4.69) is 18.7 Å². The van der Waals surface area contributed by atoms with Gasteiger partial charge in [-0.3, -0.25) is 0 Å². The second-order valence-electron chi connectivity index (χ2n) is 10.6. The molecular formula is C29H40F2. The average molecular weight is 427 g/mol. The van der Waals surface area contributed by atoms with Crippen molar-refractivity contribution in [1.29, 1.82) is 0 Å². The van der Waals surface area contributed by atoms with Crippen molar-refractivity contribution in [2.24, 2.45) is 29.6 Å². The van der Waals surface area contributed by atoms with Crippen LogP contribution >= 0.6 is 0 Å². The lowest BCUT2D eigenvalue weighted by molar-refractivity contribution is 0.121. The van der Waals surface area contributed by atoms with Gasteiger partial charge in [-0.1, -0.05) is 37.1 Å². The second kappa shape index (κ2) is 10.5. The Labute approximate surface area is 188 Å². The van der Waals surface area contributed by atoms with Crippen LogP contribution in [0, 0.1) is 48.1 Å². The normalized spacial score (nSPS) is 31.8. The van der Waals surface area contributed by atoms with E-state index in [1.807, 2.05) is 0 Å². The highest BCUT2D eigenvalue weighted by molar-refractivity contribution is 5.67. The van der Waals surface area contributed by atoms with Gasteiger partial charge >= 0.3 is 0 Å². The van der Waals surface area contributed by atoms with E-state index in [0.717, 1.165) is 54.4 Å². The molecule has 1 unspecified atom stereocenters. The van der Waals surface area contributed by atoms with Gasteiger partial charge in [-0.2, -0.15) is 0 Å². The Hall–Kier alpha value is -1.44. The maximum Gasteiger partial charge on any atom is 0.166 e. The molecule has 0 heterocycles. The van der Waals surface area contributed by atoms with Gasteiger partial charge in [0.15, 0.2) is 11.6 Å². The molecule has 2 saturated carbocycles. The van der Waals surface area contributed by atoms with Gasteiger partial charge in [0.2, 0.25) is 0 Å². The van der Waals surface area contributed by atoms with Crippen LogP contribution in [0.5, 0.6) is 0 Å². The van der Waals surface area contributed by atoms with Crippen LogP contribution < -0.4 is 0 Å². The molecule has 0 spiro atoms. The minimum Gasteiger partial charge on any atom is -0.203 e. The number of allylic oxidation sites excluding steroid dienone is 3. The van der Waals surface area contributed by atoms with E-state index in [9.17, 15) is 8.78 Å². The third kappa shape index (κ3) is 5.32. The predicted molar refractivity (Wildman–Crippen MR) is 127 cm³/mol. The Kier molecular flexibility index (Phi) is 7.67. The molecular weight excluding hydrogens is 386 g/mol. The molecule has 0 amide bonds. The summed E-state index contributed by atoms with van der Waals surface area (Å²) in [5.74, 6) is 3.09. The zero-order chi connectivity index (χ0) is 21.8. The first-order chi connectivity index (χ1) is 15.1. The van der Waals surface area contributed by atoms with Gasteiger partial charge in [-0.25, -0.2) is 8.78 Å². The lowest BCUT2D eigenvalue weighted by Gasteiger charge is -2.40. The smallest absolute Gasteiger partial charge is 0.166 e. The minimum atomic E-state index is -0.686. The molecule has 0 N–H and O–H groups in total. The van der Waals surface area contributed by atoms with Gasteiger partial charge in [0.1, 0.15) is 0 Å². The highest BCUT2D eigenvalue weighted by Gasteiger charge is 2.33. The summed E-state index contributed by atoms with van der Waals surface area (Å²) < 4.78 is 28.4. The summed E-state index contributed by atoms with van der Waals surface area (Å²) in [6.07, 6.45) is 21.2. The molecule has 0 aromatic heterocycles. The average Bonchev–Trinajstić information content (AvgIpc) is 2.82. The third-order valence-electron chi connectivity index (χ3n) is 8.89. The molecule has 170 valence electrons. The Morgan fingerprint density at radius 1 is 0.839 bits per heavy atom. The van der Waals surface area contributed by atoms with Crippen molar-refractivity contribution in [3.05, 3.63) is 53.6 Å². The van der Waals surface area contributed by atoms with E-state index in [-0.39, 0.29) is 0 Å². The summed E-state index contributed by atoms with van der Waals surface area (Å²) in [5.41, 5.74) is 1.88. The van der Waals surface area contributed by atoms with Crippen molar-refractivity contribution in [2.75, 3.05) is 0 Å². The van der Waals surface area contributed by atoms with E-state index in [1.54, 1.807) is 19.1 Å². The molecule has 0 aliphatic heterocycles. The summed E-state index contributed by atoms with van der Waals surface area (Å²) in [6, 6.07) is 3.46. The standard InChI is InChI=1S/C29H40F2/c1-3-4-5-21-7-9-22(10-8-21)23-11-13-24(14-12-23)25-15-17-26(18-16-25)27-19-6-20(2)28(30)29(27)31/h3,6,17,19,21-25H,1,4-5,7-16,18H2,2H3. The van der Waals surface area contributed by atoms with Gasteiger partial charge in [0.05, 0.1) is 0 Å². The van der Waals surface area contributed by atoms with Gasteiger partial charge < -0.3 is 0 Å². The molecule has 0 nitrogen and oxygen atoms in total. The van der Waals surface area contributed by atoms with E-state index in [1.165, 1.54) is 64.2 Å². The zero-order valence-electron chi connectivity index (χ0n) is 19.4. The second-order valence-corrected chi connectivity index (χ2v) is 10.6.